The Morgan fingerprint density at radius 2 is 2.05 bits per heavy atom. The molecule has 110 valence electrons. The number of hydrogen-bond acceptors (Lipinski definition) is 3. The fraction of sp³-hybridized carbons (Fsp3) is 0.400. The molecule has 0 heterocycles. The summed E-state index contributed by atoms with van der Waals surface area (Å²) in [4.78, 5) is 11.7. The molecule has 1 amide bonds. The number of methoxy groups -OCH3 is 1. The SMILES string of the molecule is C=C(CCl)c1ccc(NC(=O)OC(C)(C)C)c(OC)c1. The number of allylic oxidation sites excluding steroid dienone is 1. The Morgan fingerprint density at radius 1 is 1.40 bits per heavy atom. The molecule has 1 N–H and O–H groups in total. The van der Waals surface area contributed by atoms with Crippen LogP contribution in [0, 0.1) is 0 Å². The molecule has 0 aliphatic rings. The quantitative estimate of drug-likeness (QED) is 0.843. The van der Waals surface area contributed by atoms with E-state index < -0.39 is 11.7 Å². The summed E-state index contributed by atoms with van der Waals surface area (Å²) in [5.74, 6) is 0.863. The molecule has 1 aromatic carbocycles. The van der Waals surface area contributed by atoms with Crippen molar-refractivity contribution in [2.75, 3.05) is 18.3 Å². The molecule has 4 nitrogen and oxygen atoms in total. The van der Waals surface area contributed by atoms with Gasteiger partial charge in [0.05, 0.1) is 12.8 Å². The van der Waals surface area contributed by atoms with Gasteiger partial charge in [0, 0.05) is 5.88 Å². The molecule has 0 atom stereocenters. The molecule has 1 aromatic rings. The Kier molecular flexibility index (Phi) is 5.45. The fourth-order valence-electron chi connectivity index (χ4n) is 1.51. The number of ether oxygens (including phenoxy) is 2. The van der Waals surface area contributed by atoms with E-state index in [0.717, 1.165) is 11.1 Å². The van der Waals surface area contributed by atoms with E-state index in [2.05, 4.69) is 11.9 Å². The lowest BCUT2D eigenvalue weighted by Gasteiger charge is -2.20. The minimum Gasteiger partial charge on any atom is -0.495 e. The highest BCUT2D eigenvalue weighted by Crippen LogP contribution is 2.29. The van der Waals surface area contributed by atoms with Crippen LogP contribution in [-0.4, -0.2) is 24.7 Å². The molecule has 0 aliphatic heterocycles. The molecule has 5 heteroatoms. The third kappa shape index (κ3) is 4.78. The smallest absolute Gasteiger partial charge is 0.412 e. The largest absolute Gasteiger partial charge is 0.495 e. The zero-order valence-electron chi connectivity index (χ0n) is 12.2. The van der Waals surface area contributed by atoms with E-state index in [4.69, 9.17) is 21.1 Å². The van der Waals surface area contributed by atoms with Gasteiger partial charge in [0.1, 0.15) is 11.4 Å². The first kappa shape index (κ1) is 16.4. The number of alkyl halides is 1. The molecular formula is C15H20ClNO3. The van der Waals surface area contributed by atoms with Crippen molar-refractivity contribution in [3.63, 3.8) is 0 Å². The van der Waals surface area contributed by atoms with Gasteiger partial charge >= 0.3 is 6.09 Å². The normalized spacial score (nSPS) is 10.8. The number of nitrogens with one attached hydrogen (secondary N) is 1. The number of rotatable bonds is 4. The molecule has 0 bridgehead atoms. The van der Waals surface area contributed by atoms with Crippen LogP contribution in [0.3, 0.4) is 0 Å². The molecule has 1 rings (SSSR count). The summed E-state index contributed by atoms with van der Waals surface area (Å²) in [5, 5.41) is 2.65. The summed E-state index contributed by atoms with van der Waals surface area (Å²) in [7, 11) is 1.53. The van der Waals surface area contributed by atoms with Crippen molar-refractivity contribution >= 4 is 29.0 Å². The zero-order valence-corrected chi connectivity index (χ0v) is 13.0. The van der Waals surface area contributed by atoms with Crippen molar-refractivity contribution in [2.45, 2.75) is 26.4 Å². The van der Waals surface area contributed by atoms with Crippen molar-refractivity contribution in [1.29, 1.82) is 0 Å². The van der Waals surface area contributed by atoms with Crippen LogP contribution in [0.5, 0.6) is 5.75 Å². The van der Waals surface area contributed by atoms with Crippen molar-refractivity contribution in [1.82, 2.24) is 0 Å². The minimum atomic E-state index is -0.551. The molecule has 0 aromatic heterocycles. The van der Waals surface area contributed by atoms with Gasteiger partial charge in [-0.3, -0.25) is 5.32 Å². The van der Waals surface area contributed by atoms with Crippen molar-refractivity contribution < 1.29 is 14.3 Å². The second kappa shape index (κ2) is 6.66. The molecule has 0 spiro atoms. The zero-order chi connectivity index (χ0) is 15.3. The molecule has 0 saturated heterocycles. The van der Waals surface area contributed by atoms with Gasteiger partial charge in [0.2, 0.25) is 0 Å². The lowest BCUT2D eigenvalue weighted by molar-refractivity contribution is 0.0635. The van der Waals surface area contributed by atoms with Crippen LogP contribution < -0.4 is 10.1 Å². The third-order valence-corrected chi connectivity index (χ3v) is 2.73. The maximum atomic E-state index is 11.7. The first-order valence-electron chi connectivity index (χ1n) is 6.19. The first-order chi connectivity index (χ1) is 9.26. The molecule has 0 unspecified atom stereocenters. The summed E-state index contributed by atoms with van der Waals surface area (Å²) in [6, 6.07) is 5.33. The number of hydrogen-bond donors (Lipinski definition) is 1. The molecule has 0 saturated carbocycles. The first-order valence-corrected chi connectivity index (χ1v) is 6.72. The van der Waals surface area contributed by atoms with Crippen LogP contribution >= 0.6 is 11.6 Å². The van der Waals surface area contributed by atoms with E-state index in [9.17, 15) is 4.79 Å². The summed E-state index contributed by atoms with van der Waals surface area (Å²) in [6.07, 6.45) is -0.528. The number of carbonyl (C=O) groups excluding carboxylic acids is 1. The number of amides is 1. The highest BCUT2D eigenvalue weighted by atomic mass is 35.5. The lowest BCUT2D eigenvalue weighted by Crippen LogP contribution is -2.27. The van der Waals surface area contributed by atoms with Gasteiger partial charge in [-0.05, 0) is 44.0 Å². The minimum absolute atomic E-state index is 0.335. The van der Waals surface area contributed by atoms with Crippen LogP contribution in [0.25, 0.3) is 5.57 Å². The topological polar surface area (TPSA) is 47.6 Å². The maximum absolute atomic E-state index is 11.7. The standard InChI is InChI=1S/C15H20ClNO3/c1-10(9-16)11-6-7-12(13(8-11)19-5)17-14(18)20-15(2,3)4/h6-8H,1,9H2,2-5H3,(H,17,18). The highest BCUT2D eigenvalue weighted by molar-refractivity contribution is 6.23. The lowest BCUT2D eigenvalue weighted by atomic mass is 10.1. The van der Waals surface area contributed by atoms with E-state index in [-0.39, 0.29) is 0 Å². The summed E-state index contributed by atoms with van der Waals surface area (Å²) in [6.45, 7) is 9.27. The molecule has 0 aliphatic carbocycles. The molecular weight excluding hydrogens is 278 g/mol. The Balaban J connectivity index is 2.91. The Hall–Kier alpha value is -1.68. The number of benzene rings is 1. The van der Waals surface area contributed by atoms with Gasteiger partial charge in [0.25, 0.3) is 0 Å². The average molecular weight is 298 g/mol. The van der Waals surface area contributed by atoms with E-state index in [1.807, 2.05) is 6.07 Å². The summed E-state index contributed by atoms with van der Waals surface area (Å²) in [5.41, 5.74) is 1.64. The summed E-state index contributed by atoms with van der Waals surface area (Å²) < 4.78 is 10.5. The van der Waals surface area contributed by atoms with Gasteiger partial charge in [-0.15, -0.1) is 11.6 Å². The van der Waals surface area contributed by atoms with E-state index in [0.29, 0.717) is 17.3 Å². The predicted molar refractivity (Wildman–Crippen MR) is 82.6 cm³/mol. The van der Waals surface area contributed by atoms with E-state index in [1.54, 1.807) is 32.9 Å². The molecule has 0 fully saturated rings. The van der Waals surface area contributed by atoms with E-state index >= 15 is 0 Å². The molecule has 0 radical (unpaired) electrons. The second-order valence-corrected chi connectivity index (χ2v) is 5.55. The van der Waals surface area contributed by atoms with Crippen LogP contribution in [0.15, 0.2) is 24.8 Å². The third-order valence-electron chi connectivity index (χ3n) is 2.41. The Morgan fingerprint density at radius 3 is 2.55 bits per heavy atom. The second-order valence-electron chi connectivity index (χ2n) is 5.28. The van der Waals surface area contributed by atoms with Crippen LogP contribution in [0.2, 0.25) is 0 Å². The predicted octanol–water partition coefficient (Wildman–Crippen LogP) is 4.29. The number of anilines is 1. The van der Waals surface area contributed by atoms with E-state index in [1.165, 1.54) is 7.11 Å². The van der Waals surface area contributed by atoms with Crippen LogP contribution in [-0.2, 0) is 4.74 Å². The van der Waals surface area contributed by atoms with Crippen molar-refractivity contribution in [2.24, 2.45) is 0 Å². The fourth-order valence-corrected chi connectivity index (χ4v) is 1.66. The average Bonchev–Trinajstić information content (AvgIpc) is 2.36. The van der Waals surface area contributed by atoms with Crippen molar-refractivity contribution in [3.8, 4) is 5.75 Å². The molecule has 20 heavy (non-hydrogen) atoms. The van der Waals surface area contributed by atoms with Gasteiger partial charge in [-0.1, -0.05) is 12.6 Å². The Labute approximate surface area is 124 Å². The van der Waals surface area contributed by atoms with Crippen LogP contribution in [0.4, 0.5) is 10.5 Å². The number of halogens is 1. The van der Waals surface area contributed by atoms with Gasteiger partial charge < -0.3 is 9.47 Å². The van der Waals surface area contributed by atoms with Gasteiger partial charge in [0.15, 0.2) is 0 Å². The van der Waals surface area contributed by atoms with Gasteiger partial charge in [-0.25, -0.2) is 4.79 Å². The Bertz CT molecular complexity index is 506. The maximum Gasteiger partial charge on any atom is 0.412 e. The summed E-state index contributed by atoms with van der Waals surface area (Å²) >= 11 is 5.75. The highest BCUT2D eigenvalue weighted by Gasteiger charge is 2.17. The monoisotopic (exact) mass is 297 g/mol. The van der Waals surface area contributed by atoms with Crippen LogP contribution in [0.1, 0.15) is 26.3 Å². The number of carbonyl (C=O) groups is 1. The van der Waals surface area contributed by atoms with Crippen molar-refractivity contribution in [3.05, 3.63) is 30.3 Å². The van der Waals surface area contributed by atoms with Gasteiger partial charge in [-0.2, -0.15) is 0 Å².